The molecule has 0 fully saturated rings. The molecule has 128 valence electrons. The molecule has 0 unspecified atom stereocenters. The van der Waals surface area contributed by atoms with Gasteiger partial charge in [0.25, 0.3) is 0 Å². The monoisotopic (exact) mass is 342 g/mol. The zero-order chi connectivity index (χ0) is 17.8. The lowest BCUT2D eigenvalue weighted by molar-refractivity contribution is 0.0587. The van der Waals surface area contributed by atoms with E-state index in [-0.39, 0.29) is 5.69 Å². The van der Waals surface area contributed by atoms with E-state index in [0.29, 0.717) is 23.5 Å². The minimum Gasteiger partial charge on any atom is -0.465 e. The Kier molecular flexibility index (Phi) is 4.50. The topological polar surface area (TPSA) is 114 Å². The van der Waals surface area contributed by atoms with Crippen LogP contribution in [0.2, 0.25) is 0 Å². The summed E-state index contributed by atoms with van der Waals surface area (Å²) in [5.74, 6) is -1.01. The van der Waals surface area contributed by atoms with Crippen molar-refractivity contribution in [1.82, 2.24) is 29.8 Å². The van der Waals surface area contributed by atoms with E-state index in [0.717, 1.165) is 0 Å². The summed E-state index contributed by atoms with van der Waals surface area (Å²) in [7, 11) is 2.59. The lowest BCUT2D eigenvalue weighted by Crippen LogP contribution is -2.08. The van der Waals surface area contributed by atoms with Crippen LogP contribution in [0.1, 0.15) is 26.5 Å². The number of aromatic nitrogens is 6. The number of methoxy groups -OCH3 is 2. The van der Waals surface area contributed by atoms with Crippen LogP contribution in [0, 0.1) is 0 Å². The highest BCUT2D eigenvalue weighted by molar-refractivity contribution is 5.93. The third kappa shape index (κ3) is 3.37. The SMILES string of the molecule is COC(=O)c1ccn(Cc2cn(-c3cnccc3C(=O)OC)nn2)n1. The van der Waals surface area contributed by atoms with Crippen molar-refractivity contribution in [2.45, 2.75) is 6.54 Å². The Bertz CT molecular complexity index is 916. The van der Waals surface area contributed by atoms with Gasteiger partial charge in [-0.2, -0.15) is 5.10 Å². The molecule has 3 rings (SSSR count). The molecule has 0 aromatic carbocycles. The van der Waals surface area contributed by atoms with Gasteiger partial charge in [0.1, 0.15) is 5.69 Å². The highest BCUT2D eigenvalue weighted by atomic mass is 16.5. The van der Waals surface area contributed by atoms with Gasteiger partial charge in [0, 0.05) is 12.4 Å². The number of ether oxygens (including phenoxy) is 2. The summed E-state index contributed by atoms with van der Waals surface area (Å²) < 4.78 is 12.3. The Morgan fingerprint density at radius 1 is 1.16 bits per heavy atom. The molecule has 10 nitrogen and oxygen atoms in total. The van der Waals surface area contributed by atoms with Crippen molar-refractivity contribution >= 4 is 11.9 Å². The fraction of sp³-hybridized carbons (Fsp3) is 0.200. The molecule has 0 atom stereocenters. The quantitative estimate of drug-likeness (QED) is 0.615. The predicted octanol–water partition coefficient (Wildman–Crippen LogP) is 0.480. The normalized spacial score (nSPS) is 10.5. The van der Waals surface area contributed by atoms with Crippen LogP contribution in [0.3, 0.4) is 0 Å². The van der Waals surface area contributed by atoms with Crippen LogP contribution in [0.4, 0.5) is 0 Å². The van der Waals surface area contributed by atoms with Gasteiger partial charge in [-0.05, 0) is 12.1 Å². The molecular weight excluding hydrogens is 328 g/mol. The maximum absolute atomic E-state index is 11.8. The Labute approximate surface area is 142 Å². The molecule has 0 saturated heterocycles. The first-order valence-electron chi connectivity index (χ1n) is 7.18. The van der Waals surface area contributed by atoms with Crippen LogP contribution < -0.4 is 0 Å². The molecule has 0 N–H and O–H groups in total. The van der Waals surface area contributed by atoms with Crippen molar-refractivity contribution < 1.29 is 19.1 Å². The summed E-state index contributed by atoms with van der Waals surface area (Å²) in [4.78, 5) is 27.2. The number of hydrogen-bond acceptors (Lipinski definition) is 8. The Morgan fingerprint density at radius 3 is 2.72 bits per heavy atom. The number of carbonyl (C=O) groups is 2. The maximum atomic E-state index is 11.8. The Morgan fingerprint density at radius 2 is 1.96 bits per heavy atom. The fourth-order valence-electron chi connectivity index (χ4n) is 2.17. The molecule has 25 heavy (non-hydrogen) atoms. The molecule has 0 aliphatic carbocycles. The molecule has 0 saturated carbocycles. The largest absolute Gasteiger partial charge is 0.465 e. The van der Waals surface area contributed by atoms with Crippen LogP contribution in [0.25, 0.3) is 5.69 Å². The van der Waals surface area contributed by atoms with Crippen LogP contribution >= 0.6 is 0 Å². The van der Waals surface area contributed by atoms with Crippen LogP contribution in [-0.2, 0) is 16.0 Å². The Hall–Kier alpha value is -3.56. The zero-order valence-electron chi connectivity index (χ0n) is 13.5. The van der Waals surface area contributed by atoms with Gasteiger partial charge >= 0.3 is 11.9 Å². The highest BCUT2D eigenvalue weighted by Gasteiger charge is 2.15. The summed E-state index contributed by atoms with van der Waals surface area (Å²) in [6.45, 7) is 0.296. The van der Waals surface area contributed by atoms with Crippen molar-refractivity contribution in [3.05, 3.63) is 53.9 Å². The van der Waals surface area contributed by atoms with Gasteiger partial charge in [0.15, 0.2) is 5.69 Å². The maximum Gasteiger partial charge on any atom is 0.358 e. The van der Waals surface area contributed by atoms with Gasteiger partial charge in [-0.1, -0.05) is 5.21 Å². The molecule has 0 aliphatic rings. The average Bonchev–Trinajstić information content (AvgIpc) is 3.30. The predicted molar refractivity (Wildman–Crippen MR) is 83.2 cm³/mol. The van der Waals surface area contributed by atoms with E-state index in [9.17, 15) is 9.59 Å². The molecule has 0 spiro atoms. The minimum absolute atomic E-state index is 0.204. The van der Waals surface area contributed by atoms with Crippen molar-refractivity contribution in [1.29, 1.82) is 0 Å². The van der Waals surface area contributed by atoms with Crippen molar-refractivity contribution in [2.75, 3.05) is 14.2 Å². The summed E-state index contributed by atoms with van der Waals surface area (Å²) in [6.07, 6.45) is 6.26. The van der Waals surface area contributed by atoms with Crippen molar-refractivity contribution in [3.8, 4) is 5.69 Å². The minimum atomic E-state index is -0.513. The molecule has 3 heterocycles. The van der Waals surface area contributed by atoms with Gasteiger partial charge in [-0.25, -0.2) is 14.3 Å². The average molecular weight is 342 g/mol. The molecule has 3 aromatic heterocycles. The summed E-state index contributed by atoms with van der Waals surface area (Å²) in [5.41, 5.74) is 1.55. The van der Waals surface area contributed by atoms with Gasteiger partial charge in [0.05, 0.1) is 44.4 Å². The third-order valence-corrected chi connectivity index (χ3v) is 3.35. The molecule has 0 amide bonds. The molecular formula is C15H14N6O4. The van der Waals surface area contributed by atoms with Crippen LogP contribution in [0.5, 0.6) is 0 Å². The smallest absolute Gasteiger partial charge is 0.358 e. The van der Waals surface area contributed by atoms with Crippen LogP contribution in [-0.4, -0.2) is 55.9 Å². The first-order chi connectivity index (χ1) is 12.1. The second-order valence-electron chi connectivity index (χ2n) is 4.93. The molecule has 10 heteroatoms. The number of esters is 2. The van der Waals surface area contributed by atoms with Gasteiger partial charge < -0.3 is 9.47 Å². The van der Waals surface area contributed by atoms with E-state index in [1.165, 1.54) is 36.0 Å². The van der Waals surface area contributed by atoms with E-state index in [2.05, 4.69) is 25.1 Å². The van der Waals surface area contributed by atoms with Crippen molar-refractivity contribution in [2.24, 2.45) is 0 Å². The highest BCUT2D eigenvalue weighted by Crippen LogP contribution is 2.13. The third-order valence-electron chi connectivity index (χ3n) is 3.35. The van der Waals surface area contributed by atoms with E-state index in [4.69, 9.17) is 4.74 Å². The first-order valence-corrected chi connectivity index (χ1v) is 7.18. The second-order valence-corrected chi connectivity index (χ2v) is 4.93. The molecule has 0 bridgehead atoms. The van der Waals surface area contributed by atoms with Gasteiger partial charge in [-0.15, -0.1) is 5.10 Å². The van der Waals surface area contributed by atoms with Gasteiger partial charge in [-0.3, -0.25) is 9.67 Å². The lowest BCUT2D eigenvalue weighted by atomic mass is 10.2. The van der Waals surface area contributed by atoms with E-state index in [1.54, 1.807) is 24.5 Å². The standard InChI is InChI=1S/C15H14N6O4/c1-24-14(22)11-3-5-16-7-13(11)21-9-10(17-19-21)8-20-6-4-12(18-20)15(23)25-2/h3-7,9H,8H2,1-2H3. The second kappa shape index (κ2) is 6.91. The summed E-state index contributed by atoms with van der Waals surface area (Å²) in [5, 5.41) is 12.1. The lowest BCUT2D eigenvalue weighted by Gasteiger charge is -2.05. The zero-order valence-corrected chi connectivity index (χ0v) is 13.5. The van der Waals surface area contributed by atoms with Gasteiger partial charge in [0.2, 0.25) is 0 Å². The number of pyridine rings is 1. The summed E-state index contributed by atoms with van der Waals surface area (Å²) in [6, 6.07) is 3.09. The number of hydrogen-bond donors (Lipinski definition) is 0. The summed E-state index contributed by atoms with van der Waals surface area (Å²) >= 11 is 0. The Balaban J connectivity index is 1.83. The molecule has 0 radical (unpaired) electrons. The fourth-order valence-corrected chi connectivity index (χ4v) is 2.17. The van der Waals surface area contributed by atoms with E-state index < -0.39 is 11.9 Å². The number of nitrogens with zero attached hydrogens (tertiary/aromatic N) is 6. The van der Waals surface area contributed by atoms with Crippen LogP contribution in [0.15, 0.2) is 36.9 Å². The molecule has 0 aliphatic heterocycles. The van der Waals surface area contributed by atoms with Crippen molar-refractivity contribution in [3.63, 3.8) is 0 Å². The van der Waals surface area contributed by atoms with E-state index in [1.807, 2.05) is 0 Å². The van der Waals surface area contributed by atoms with E-state index >= 15 is 0 Å². The number of rotatable bonds is 5. The molecule has 3 aromatic rings. The first kappa shape index (κ1) is 16.3. The number of carbonyl (C=O) groups excluding carboxylic acids is 2.